The first-order chi connectivity index (χ1) is 30.2. The fraction of sp³-hybridized carbons (Fsp3) is 0.409. The molecule has 0 saturated carbocycles. The zero-order chi connectivity index (χ0) is 45.9. The number of phenols is 1. The molecule has 1 saturated heterocycles. The van der Waals surface area contributed by atoms with E-state index in [0.29, 0.717) is 54.6 Å². The average Bonchev–Trinajstić information content (AvgIpc) is 3.77. The van der Waals surface area contributed by atoms with Crippen LogP contribution in [0.1, 0.15) is 55.7 Å². The molecule has 63 heavy (non-hydrogen) atoms. The lowest BCUT2D eigenvalue weighted by atomic mass is 10.0. The van der Waals surface area contributed by atoms with Crippen LogP contribution in [0.3, 0.4) is 0 Å². The highest BCUT2D eigenvalue weighted by Crippen LogP contribution is 2.21. The standard InChI is InChI=1S/C44H56N10O8S/c1-27(50-41(59)33(46)22-29-14-18-32(55)19-15-29)40(58)53-35(23-28-8-3-2-4-9-28)42(60)48-25-38(56)51-36(24-30-12-16-31(17-13-30)49-26-63)44(62)54-21-7-11-37(54)43(61)52-34(39(47)57)10-5-6-20-45/h2-4,8-9,12-19,27,33-37,55H,5-7,10-11,20-25,45-46H2,1H3,(H2,47,57)(H,48,60)(H,50,59)(H,51,56)(H,52,61)(H,53,58)/t27-,33+,34+,35+,36+,37+/m1/s1. The number of carbonyl (C=O) groups excluding carboxylic acids is 7. The lowest BCUT2D eigenvalue weighted by molar-refractivity contribution is -0.142. The molecule has 0 aromatic heterocycles. The summed E-state index contributed by atoms with van der Waals surface area (Å²) in [6, 6.07) is 15.4. The maximum Gasteiger partial charge on any atom is 0.246 e. The number of aliphatic imine (C=N–C) groups is 1. The van der Waals surface area contributed by atoms with Gasteiger partial charge in [-0.25, -0.2) is 0 Å². The van der Waals surface area contributed by atoms with Gasteiger partial charge in [0, 0.05) is 19.4 Å². The largest absolute Gasteiger partial charge is 0.508 e. The number of likely N-dealkylation sites (tertiary alicyclic amines) is 1. The van der Waals surface area contributed by atoms with Gasteiger partial charge in [-0.3, -0.25) is 33.6 Å². The number of primary amides is 1. The molecule has 0 spiro atoms. The molecule has 3 aromatic carbocycles. The van der Waals surface area contributed by atoms with Gasteiger partial charge in [-0.1, -0.05) is 54.6 Å². The highest BCUT2D eigenvalue weighted by atomic mass is 32.1. The SMILES string of the molecule is C[C@@H](NC(=O)[C@@H](N)Cc1ccc(O)cc1)C(=O)N[C@@H](Cc1ccccc1)C(=O)NCC(=O)N[C@@H](Cc1ccc(N=C=S)cc1)C(=O)N1CCC[C@H]1C(=O)N[C@@H](CCCCN)C(N)=O. The van der Waals surface area contributed by atoms with E-state index in [1.807, 2.05) is 0 Å². The van der Waals surface area contributed by atoms with Gasteiger partial charge in [0.05, 0.1) is 23.4 Å². The van der Waals surface area contributed by atoms with E-state index in [-0.39, 0.29) is 38.0 Å². The third-order valence-corrected chi connectivity index (χ3v) is 10.5. The Balaban J connectivity index is 1.45. The van der Waals surface area contributed by atoms with Crippen molar-refractivity contribution in [3.8, 4) is 5.75 Å². The molecule has 18 nitrogen and oxygen atoms in total. The number of isothiocyanates is 1. The van der Waals surface area contributed by atoms with Crippen molar-refractivity contribution in [3.05, 3.63) is 95.6 Å². The Morgan fingerprint density at radius 3 is 2.08 bits per heavy atom. The summed E-state index contributed by atoms with van der Waals surface area (Å²) in [5, 5.41) is 25.0. The highest BCUT2D eigenvalue weighted by Gasteiger charge is 2.39. The van der Waals surface area contributed by atoms with E-state index in [0.717, 1.165) is 0 Å². The van der Waals surface area contributed by atoms with Crippen LogP contribution in [0.4, 0.5) is 5.69 Å². The Morgan fingerprint density at radius 2 is 1.43 bits per heavy atom. The smallest absolute Gasteiger partial charge is 0.246 e. The second-order valence-corrected chi connectivity index (χ2v) is 15.5. The molecule has 1 fully saturated rings. The highest BCUT2D eigenvalue weighted by molar-refractivity contribution is 7.78. The molecular formula is C44H56N10O8S. The molecule has 1 aliphatic heterocycles. The molecule has 0 radical (unpaired) electrons. The monoisotopic (exact) mass is 884 g/mol. The van der Waals surface area contributed by atoms with Crippen LogP contribution in [0.2, 0.25) is 0 Å². The normalized spacial score (nSPS) is 15.6. The lowest BCUT2D eigenvalue weighted by Crippen LogP contribution is -2.58. The second kappa shape index (κ2) is 24.8. The molecule has 0 aliphatic carbocycles. The maximum atomic E-state index is 14.3. The second-order valence-electron chi connectivity index (χ2n) is 15.3. The van der Waals surface area contributed by atoms with Crippen molar-refractivity contribution in [1.29, 1.82) is 0 Å². The quantitative estimate of drug-likeness (QED) is 0.0351. The van der Waals surface area contributed by atoms with E-state index < -0.39 is 84.1 Å². The first-order valence-corrected chi connectivity index (χ1v) is 21.1. The molecule has 4 rings (SSSR count). The summed E-state index contributed by atoms with van der Waals surface area (Å²) in [7, 11) is 0. The Bertz CT molecular complexity index is 2100. The van der Waals surface area contributed by atoms with Gasteiger partial charge >= 0.3 is 0 Å². The number of aromatic hydroxyl groups is 1. The Labute approximate surface area is 371 Å². The van der Waals surface area contributed by atoms with Crippen LogP contribution in [0.15, 0.2) is 83.9 Å². The summed E-state index contributed by atoms with van der Waals surface area (Å²) >= 11 is 4.69. The topological polar surface area (TPSA) is 294 Å². The molecule has 1 heterocycles. The van der Waals surface area contributed by atoms with Crippen molar-refractivity contribution in [2.45, 2.75) is 94.5 Å². The van der Waals surface area contributed by atoms with Crippen molar-refractivity contribution in [1.82, 2.24) is 31.5 Å². The van der Waals surface area contributed by atoms with Gasteiger partial charge in [0.1, 0.15) is 36.0 Å². The number of phenolic OH excluding ortho intramolecular Hbond substituents is 1. The molecule has 12 N–H and O–H groups in total. The minimum atomic E-state index is -1.19. The van der Waals surface area contributed by atoms with Crippen LogP contribution in [-0.4, -0.2) is 112 Å². The Hall–Kier alpha value is -6.53. The van der Waals surface area contributed by atoms with Gasteiger partial charge in [-0.2, -0.15) is 4.99 Å². The third-order valence-electron chi connectivity index (χ3n) is 10.4. The van der Waals surface area contributed by atoms with Crippen molar-refractivity contribution >= 4 is 64.4 Å². The van der Waals surface area contributed by atoms with Crippen LogP contribution < -0.4 is 43.8 Å². The summed E-state index contributed by atoms with van der Waals surface area (Å²) in [5.41, 5.74) is 19.8. The molecule has 336 valence electrons. The molecule has 7 amide bonds. The van der Waals surface area contributed by atoms with E-state index in [9.17, 15) is 38.7 Å². The summed E-state index contributed by atoms with van der Waals surface area (Å²) in [5.74, 6) is -4.48. The minimum Gasteiger partial charge on any atom is -0.508 e. The zero-order valence-electron chi connectivity index (χ0n) is 35.1. The van der Waals surface area contributed by atoms with Crippen LogP contribution in [0.25, 0.3) is 0 Å². The molecule has 19 heteroatoms. The number of unbranched alkanes of at least 4 members (excludes halogenated alkanes) is 1. The number of nitrogens with one attached hydrogen (secondary N) is 5. The number of nitrogens with zero attached hydrogens (tertiary/aromatic N) is 2. The van der Waals surface area contributed by atoms with Crippen molar-refractivity contribution in [2.24, 2.45) is 22.2 Å². The van der Waals surface area contributed by atoms with Gasteiger partial charge in [-0.05, 0) is 105 Å². The predicted octanol–water partition coefficient (Wildman–Crippen LogP) is 0.162. The predicted molar refractivity (Wildman–Crippen MR) is 238 cm³/mol. The van der Waals surface area contributed by atoms with Crippen molar-refractivity contribution in [2.75, 3.05) is 19.6 Å². The van der Waals surface area contributed by atoms with Gasteiger partial charge in [0.25, 0.3) is 0 Å². The average molecular weight is 885 g/mol. The maximum absolute atomic E-state index is 14.3. The first-order valence-electron chi connectivity index (χ1n) is 20.7. The number of hydrogen-bond donors (Lipinski definition) is 9. The third kappa shape index (κ3) is 15.7. The van der Waals surface area contributed by atoms with Crippen LogP contribution in [0.5, 0.6) is 5.75 Å². The lowest BCUT2D eigenvalue weighted by Gasteiger charge is -2.30. The van der Waals surface area contributed by atoms with Crippen LogP contribution >= 0.6 is 12.2 Å². The molecule has 1 aliphatic rings. The van der Waals surface area contributed by atoms with Crippen LogP contribution in [-0.2, 0) is 52.8 Å². The van der Waals surface area contributed by atoms with E-state index in [4.69, 9.17) is 29.4 Å². The molecule has 6 atom stereocenters. The number of benzene rings is 3. The Kier molecular flexibility index (Phi) is 19.3. The van der Waals surface area contributed by atoms with E-state index in [2.05, 4.69) is 36.7 Å². The summed E-state index contributed by atoms with van der Waals surface area (Å²) < 4.78 is 0. The fourth-order valence-electron chi connectivity index (χ4n) is 7.00. The number of nitrogens with two attached hydrogens (primary N) is 3. The summed E-state index contributed by atoms with van der Waals surface area (Å²) in [6.07, 6.45) is 2.47. The summed E-state index contributed by atoms with van der Waals surface area (Å²) in [6.45, 7) is 1.48. The first kappa shape index (κ1) is 49.1. The number of rotatable bonds is 23. The number of thiocarbonyl (C=S) groups is 1. The van der Waals surface area contributed by atoms with Crippen molar-refractivity contribution in [3.63, 3.8) is 0 Å². The minimum absolute atomic E-state index is 0.00281. The number of carbonyl (C=O) groups is 7. The molecule has 0 bridgehead atoms. The van der Waals surface area contributed by atoms with Crippen LogP contribution in [0, 0.1) is 0 Å². The molecular weight excluding hydrogens is 829 g/mol. The van der Waals surface area contributed by atoms with E-state index in [1.54, 1.807) is 66.7 Å². The molecule has 0 unspecified atom stereocenters. The number of amides is 7. The fourth-order valence-corrected chi connectivity index (χ4v) is 7.11. The molecule has 3 aromatic rings. The van der Waals surface area contributed by atoms with Crippen molar-refractivity contribution < 1.29 is 38.7 Å². The summed E-state index contributed by atoms with van der Waals surface area (Å²) in [4.78, 5) is 98.8. The van der Waals surface area contributed by atoms with E-state index >= 15 is 0 Å². The van der Waals surface area contributed by atoms with Gasteiger partial charge < -0.3 is 53.8 Å². The Morgan fingerprint density at radius 1 is 0.794 bits per heavy atom. The zero-order valence-corrected chi connectivity index (χ0v) is 35.9. The number of hydrogen-bond acceptors (Lipinski definition) is 12. The van der Waals surface area contributed by atoms with Gasteiger partial charge in [0.2, 0.25) is 41.4 Å². The van der Waals surface area contributed by atoms with Gasteiger partial charge in [-0.15, -0.1) is 0 Å². The van der Waals surface area contributed by atoms with Gasteiger partial charge in [0.15, 0.2) is 0 Å². The van der Waals surface area contributed by atoms with E-state index in [1.165, 1.54) is 24.0 Å².